The molecule has 1 aliphatic rings. The molecule has 110 valence electrons. The van der Waals surface area contributed by atoms with Crippen LogP contribution in [-0.2, 0) is 10.2 Å². The number of hydrogen-bond donors (Lipinski definition) is 2. The smallest absolute Gasteiger partial charge is 0.221 e. The fraction of sp³-hybridized carbons (Fsp3) is 0.562. The molecule has 1 saturated carbocycles. The Kier molecular flexibility index (Phi) is 5.61. The summed E-state index contributed by atoms with van der Waals surface area (Å²) in [5.74, 6) is 0.0624. The van der Waals surface area contributed by atoms with E-state index in [-0.39, 0.29) is 11.3 Å². The average Bonchev–Trinajstić information content (AvgIpc) is 2.46. The second-order valence-corrected chi connectivity index (χ2v) is 6.58. The fourth-order valence-corrected chi connectivity index (χ4v) is 3.50. The van der Waals surface area contributed by atoms with Crippen LogP contribution in [0.4, 0.5) is 0 Å². The number of halogens is 1. The van der Waals surface area contributed by atoms with Crippen LogP contribution in [0.25, 0.3) is 0 Å². The van der Waals surface area contributed by atoms with Gasteiger partial charge in [-0.25, -0.2) is 0 Å². The summed E-state index contributed by atoms with van der Waals surface area (Å²) in [6.07, 6.45) is 6.47. The first-order chi connectivity index (χ1) is 9.66. The number of benzene rings is 1. The third kappa shape index (κ3) is 3.83. The van der Waals surface area contributed by atoms with Gasteiger partial charge in [0.2, 0.25) is 5.91 Å². The molecule has 0 aliphatic heterocycles. The Hall–Kier alpha value is -0.870. The molecule has 0 unspecified atom stereocenters. The van der Waals surface area contributed by atoms with Crippen LogP contribution in [0, 0.1) is 0 Å². The number of rotatable bonds is 5. The van der Waals surface area contributed by atoms with Gasteiger partial charge < -0.3 is 11.1 Å². The summed E-state index contributed by atoms with van der Waals surface area (Å²) in [6, 6.07) is 8.51. The quantitative estimate of drug-likeness (QED) is 0.866. The van der Waals surface area contributed by atoms with Gasteiger partial charge in [0, 0.05) is 29.4 Å². The minimum absolute atomic E-state index is 0.0624. The maximum Gasteiger partial charge on any atom is 0.221 e. The van der Waals surface area contributed by atoms with Crippen molar-refractivity contribution in [2.24, 2.45) is 5.73 Å². The zero-order chi connectivity index (χ0) is 14.4. The number of nitrogens with one attached hydrogen (secondary N) is 1. The molecule has 1 aromatic carbocycles. The van der Waals surface area contributed by atoms with E-state index in [4.69, 9.17) is 5.73 Å². The van der Waals surface area contributed by atoms with Crippen molar-refractivity contribution in [2.75, 3.05) is 13.1 Å². The number of carbonyl (C=O) groups is 1. The van der Waals surface area contributed by atoms with Crippen molar-refractivity contribution in [3.05, 3.63) is 34.3 Å². The largest absolute Gasteiger partial charge is 0.355 e. The predicted molar refractivity (Wildman–Crippen MR) is 85.6 cm³/mol. The van der Waals surface area contributed by atoms with Crippen LogP contribution in [0.3, 0.4) is 0 Å². The second kappa shape index (κ2) is 7.23. The van der Waals surface area contributed by atoms with Gasteiger partial charge in [0.25, 0.3) is 0 Å². The van der Waals surface area contributed by atoms with Crippen molar-refractivity contribution in [3.8, 4) is 0 Å². The Morgan fingerprint density at radius 2 is 2.05 bits per heavy atom. The topological polar surface area (TPSA) is 55.1 Å². The molecular formula is C16H23BrN2O. The van der Waals surface area contributed by atoms with Gasteiger partial charge in [-0.3, -0.25) is 4.79 Å². The summed E-state index contributed by atoms with van der Waals surface area (Å²) in [5.41, 5.74) is 6.86. The molecule has 0 aromatic heterocycles. The Morgan fingerprint density at radius 1 is 1.30 bits per heavy atom. The summed E-state index contributed by atoms with van der Waals surface area (Å²) in [4.78, 5) is 11.7. The van der Waals surface area contributed by atoms with E-state index >= 15 is 0 Å². The van der Waals surface area contributed by atoms with E-state index in [1.54, 1.807) is 0 Å². The lowest BCUT2D eigenvalue weighted by molar-refractivity contribution is -0.121. The zero-order valence-corrected chi connectivity index (χ0v) is 13.4. The number of hydrogen-bond acceptors (Lipinski definition) is 2. The lowest BCUT2D eigenvalue weighted by atomic mass is 9.69. The SMILES string of the molecule is NCCC(=O)NCC1(c2cccc(Br)c2)CCCCC1. The normalized spacial score (nSPS) is 17.7. The molecule has 1 aliphatic carbocycles. The summed E-state index contributed by atoms with van der Waals surface area (Å²) >= 11 is 3.55. The van der Waals surface area contributed by atoms with Gasteiger partial charge in [0.15, 0.2) is 0 Å². The molecule has 0 atom stereocenters. The highest BCUT2D eigenvalue weighted by atomic mass is 79.9. The summed E-state index contributed by atoms with van der Waals surface area (Å²) in [6.45, 7) is 1.14. The minimum atomic E-state index is 0.0624. The Morgan fingerprint density at radius 3 is 2.70 bits per heavy atom. The first-order valence-electron chi connectivity index (χ1n) is 7.39. The van der Waals surface area contributed by atoms with Crippen molar-refractivity contribution in [1.29, 1.82) is 0 Å². The highest BCUT2D eigenvalue weighted by molar-refractivity contribution is 9.10. The molecule has 4 heteroatoms. The standard InChI is InChI=1S/C16H23BrN2O/c17-14-6-4-5-13(11-14)16(8-2-1-3-9-16)12-19-15(20)7-10-18/h4-6,11H,1-3,7-10,12,18H2,(H,19,20). The monoisotopic (exact) mass is 338 g/mol. The van der Waals surface area contributed by atoms with Crippen LogP contribution in [0.5, 0.6) is 0 Å². The first kappa shape index (κ1) is 15.5. The third-order valence-electron chi connectivity index (χ3n) is 4.24. The fourth-order valence-electron chi connectivity index (χ4n) is 3.10. The minimum Gasteiger partial charge on any atom is -0.355 e. The zero-order valence-electron chi connectivity index (χ0n) is 11.8. The van der Waals surface area contributed by atoms with Crippen molar-refractivity contribution in [3.63, 3.8) is 0 Å². The Labute approximate surface area is 129 Å². The second-order valence-electron chi connectivity index (χ2n) is 5.67. The van der Waals surface area contributed by atoms with Crippen molar-refractivity contribution in [2.45, 2.75) is 43.9 Å². The van der Waals surface area contributed by atoms with Gasteiger partial charge in [-0.2, -0.15) is 0 Å². The Bertz CT molecular complexity index is 456. The summed E-state index contributed by atoms with van der Waals surface area (Å²) < 4.78 is 1.10. The molecule has 20 heavy (non-hydrogen) atoms. The molecule has 3 nitrogen and oxygen atoms in total. The maximum atomic E-state index is 11.7. The molecule has 1 aromatic rings. The first-order valence-corrected chi connectivity index (χ1v) is 8.18. The van der Waals surface area contributed by atoms with E-state index in [1.165, 1.54) is 24.8 Å². The maximum absolute atomic E-state index is 11.7. The summed E-state index contributed by atoms with van der Waals surface area (Å²) in [7, 11) is 0. The highest BCUT2D eigenvalue weighted by Crippen LogP contribution is 2.39. The van der Waals surface area contributed by atoms with E-state index in [1.807, 2.05) is 6.07 Å². The van der Waals surface area contributed by atoms with Crippen LogP contribution in [0.15, 0.2) is 28.7 Å². The van der Waals surface area contributed by atoms with Gasteiger partial charge in [0.05, 0.1) is 0 Å². The van der Waals surface area contributed by atoms with Crippen LogP contribution in [0.2, 0.25) is 0 Å². The lowest BCUT2D eigenvalue weighted by Gasteiger charge is -2.38. The summed E-state index contributed by atoms with van der Waals surface area (Å²) in [5, 5.41) is 3.08. The number of amides is 1. The molecule has 0 saturated heterocycles. The predicted octanol–water partition coefficient (Wildman–Crippen LogP) is 3.12. The van der Waals surface area contributed by atoms with Crippen LogP contribution in [0.1, 0.15) is 44.1 Å². The van der Waals surface area contributed by atoms with Crippen LogP contribution in [-0.4, -0.2) is 19.0 Å². The molecule has 0 spiro atoms. The van der Waals surface area contributed by atoms with Gasteiger partial charge in [-0.05, 0) is 30.5 Å². The van der Waals surface area contributed by atoms with E-state index in [9.17, 15) is 4.79 Å². The van der Waals surface area contributed by atoms with Crippen molar-refractivity contribution >= 4 is 21.8 Å². The number of nitrogens with two attached hydrogens (primary N) is 1. The Balaban J connectivity index is 2.15. The molecular weight excluding hydrogens is 316 g/mol. The van der Waals surface area contributed by atoms with E-state index in [0.717, 1.165) is 23.9 Å². The molecule has 3 N–H and O–H groups in total. The number of carbonyl (C=O) groups excluding carboxylic acids is 1. The van der Waals surface area contributed by atoms with Crippen LogP contribution >= 0.6 is 15.9 Å². The van der Waals surface area contributed by atoms with Gasteiger partial charge in [0.1, 0.15) is 0 Å². The van der Waals surface area contributed by atoms with Crippen molar-refractivity contribution < 1.29 is 4.79 Å². The average molecular weight is 339 g/mol. The lowest BCUT2D eigenvalue weighted by Crippen LogP contribution is -2.42. The van der Waals surface area contributed by atoms with Gasteiger partial charge in [-0.15, -0.1) is 0 Å². The van der Waals surface area contributed by atoms with Gasteiger partial charge in [-0.1, -0.05) is 47.3 Å². The van der Waals surface area contributed by atoms with Gasteiger partial charge >= 0.3 is 0 Å². The highest BCUT2D eigenvalue weighted by Gasteiger charge is 2.34. The molecule has 0 bridgehead atoms. The molecule has 0 radical (unpaired) electrons. The van der Waals surface area contributed by atoms with E-state index in [2.05, 4.69) is 39.4 Å². The molecule has 1 amide bonds. The molecule has 1 fully saturated rings. The van der Waals surface area contributed by atoms with E-state index < -0.39 is 0 Å². The third-order valence-corrected chi connectivity index (χ3v) is 4.74. The molecule has 2 rings (SSSR count). The van der Waals surface area contributed by atoms with Crippen LogP contribution < -0.4 is 11.1 Å². The van der Waals surface area contributed by atoms with Crippen molar-refractivity contribution in [1.82, 2.24) is 5.32 Å². The molecule has 0 heterocycles. The van der Waals surface area contributed by atoms with E-state index in [0.29, 0.717) is 13.0 Å².